The van der Waals surface area contributed by atoms with Crippen LogP contribution in [0.5, 0.6) is 0 Å². The minimum Gasteiger partial charge on any atom is -0.354 e. The molecular formula is C19H22N4O2. The Balaban J connectivity index is 1.59. The van der Waals surface area contributed by atoms with Gasteiger partial charge in [0.2, 0.25) is 5.91 Å². The zero-order chi connectivity index (χ0) is 17.8. The van der Waals surface area contributed by atoms with Gasteiger partial charge in [-0.3, -0.25) is 14.2 Å². The molecule has 0 aliphatic carbocycles. The SMILES string of the molecule is CCc1cc(=O)n(CCNC(=O)Cc2cn(C)c3ccccc23)cn1. The van der Waals surface area contributed by atoms with Gasteiger partial charge in [0.25, 0.3) is 5.56 Å². The minimum atomic E-state index is -0.0878. The Hall–Kier alpha value is -2.89. The van der Waals surface area contributed by atoms with Gasteiger partial charge in [0.15, 0.2) is 0 Å². The van der Waals surface area contributed by atoms with Gasteiger partial charge in [-0.05, 0) is 18.1 Å². The quantitative estimate of drug-likeness (QED) is 0.743. The third-order valence-corrected chi connectivity index (χ3v) is 4.30. The Morgan fingerprint density at radius 3 is 2.84 bits per heavy atom. The summed E-state index contributed by atoms with van der Waals surface area (Å²) in [5, 5.41) is 3.97. The van der Waals surface area contributed by atoms with E-state index < -0.39 is 0 Å². The summed E-state index contributed by atoms with van der Waals surface area (Å²) in [5.74, 6) is -0.0532. The van der Waals surface area contributed by atoms with E-state index in [0.29, 0.717) is 19.5 Å². The molecular weight excluding hydrogens is 316 g/mol. The average molecular weight is 338 g/mol. The molecule has 0 aliphatic rings. The van der Waals surface area contributed by atoms with Gasteiger partial charge in [0.1, 0.15) is 0 Å². The molecule has 0 aliphatic heterocycles. The second-order valence-electron chi connectivity index (χ2n) is 6.07. The molecule has 6 nitrogen and oxygen atoms in total. The average Bonchev–Trinajstić information content (AvgIpc) is 2.92. The second-order valence-corrected chi connectivity index (χ2v) is 6.07. The molecule has 2 heterocycles. The monoisotopic (exact) mass is 338 g/mol. The Kier molecular flexibility index (Phi) is 4.97. The first-order valence-corrected chi connectivity index (χ1v) is 8.43. The van der Waals surface area contributed by atoms with Crippen molar-refractivity contribution < 1.29 is 4.79 Å². The lowest BCUT2D eigenvalue weighted by molar-refractivity contribution is -0.120. The highest BCUT2D eigenvalue weighted by Gasteiger charge is 2.10. The number of amides is 1. The van der Waals surface area contributed by atoms with E-state index in [9.17, 15) is 9.59 Å². The van der Waals surface area contributed by atoms with Crippen molar-refractivity contribution in [2.24, 2.45) is 7.05 Å². The first kappa shape index (κ1) is 17.0. The smallest absolute Gasteiger partial charge is 0.253 e. The van der Waals surface area contributed by atoms with Crippen LogP contribution in [0.25, 0.3) is 10.9 Å². The number of fused-ring (bicyclic) bond motifs is 1. The van der Waals surface area contributed by atoms with Gasteiger partial charge in [-0.25, -0.2) is 4.98 Å². The Morgan fingerprint density at radius 1 is 1.28 bits per heavy atom. The van der Waals surface area contributed by atoms with Crippen LogP contribution in [0.2, 0.25) is 0 Å². The molecule has 0 bridgehead atoms. The third kappa shape index (κ3) is 3.79. The molecule has 6 heteroatoms. The van der Waals surface area contributed by atoms with E-state index in [-0.39, 0.29) is 11.5 Å². The maximum absolute atomic E-state index is 12.2. The van der Waals surface area contributed by atoms with Gasteiger partial charge < -0.3 is 9.88 Å². The van der Waals surface area contributed by atoms with E-state index in [1.807, 2.05) is 49.0 Å². The first-order chi connectivity index (χ1) is 12.1. The molecule has 0 radical (unpaired) electrons. The summed E-state index contributed by atoms with van der Waals surface area (Å²) in [6.45, 7) is 2.77. The molecule has 1 amide bonds. The van der Waals surface area contributed by atoms with Gasteiger partial charge in [0.05, 0.1) is 12.7 Å². The number of aryl methyl sites for hydroxylation is 2. The van der Waals surface area contributed by atoms with Gasteiger partial charge in [-0.1, -0.05) is 25.1 Å². The number of hydrogen-bond donors (Lipinski definition) is 1. The van der Waals surface area contributed by atoms with Crippen molar-refractivity contribution in [1.29, 1.82) is 0 Å². The molecule has 3 rings (SSSR count). The fourth-order valence-corrected chi connectivity index (χ4v) is 2.94. The van der Waals surface area contributed by atoms with E-state index >= 15 is 0 Å². The molecule has 1 aromatic carbocycles. The van der Waals surface area contributed by atoms with Crippen LogP contribution in [-0.4, -0.2) is 26.6 Å². The van der Waals surface area contributed by atoms with E-state index in [1.54, 1.807) is 0 Å². The van der Waals surface area contributed by atoms with Crippen molar-refractivity contribution in [3.63, 3.8) is 0 Å². The summed E-state index contributed by atoms with van der Waals surface area (Å²) in [4.78, 5) is 28.3. The van der Waals surface area contributed by atoms with Crippen LogP contribution in [0, 0.1) is 0 Å². The maximum atomic E-state index is 12.2. The third-order valence-electron chi connectivity index (χ3n) is 4.30. The zero-order valence-corrected chi connectivity index (χ0v) is 14.5. The summed E-state index contributed by atoms with van der Waals surface area (Å²) < 4.78 is 3.54. The van der Waals surface area contributed by atoms with Crippen molar-refractivity contribution >= 4 is 16.8 Å². The second kappa shape index (κ2) is 7.34. The molecule has 0 fully saturated rings. The van der Waals surface area contributed by atoms with Crippen LogP contribution in [0.3, 0.4) is 0 Å². The molecule has 0 saturated carbocycles. The molecule has 0 spiro atoms. The predicted molar refractivity (Wildman–Crippen MR) is 97.5 cm³/mol. The van der Waals surface area contributed by atoms with Crippen molar-refractivity contribution in [2.45, 2.75) is 26.3 Å². The van der Waals surface area contributed by atoms with E-state index in [4.69, 9.17) is 0 Å². The Morgan fingerprint density at radius 2 is 2.08 bits per heavy atom. The summed E-state index contributed by atoms with van der Waals surface area (Å²) in [6.07, 6.45) is 4.58. The van der Waals surface area contributed by atoms with Gasteiger partial charge >= 0.3 is 0 Å². The number of nitrogens with one attached hydrogen (secondary N) is 1. The number of hydrogen-bond acceptors (Lipinski definition) is 3. The number of carbonyl (C=O) groups is 1. The Bertz CT molecular complexity index is 955. The fraction of sp³-hybridized carbons (Fsp3) is 0.316. The first-order valence-electron chi connectivity index (χ1n) is 8.43. The van der Waals surface area contributed by atoms with Crippen LogP contribution in [-0.2, 0) is 31.2 Å². The highest BCUT2D eigenvalue weighted by molar-refractivity contribution is 5.89. The summed E-state index contributed by atoms with van der Waals surface area (Å²) in [7, 11) is 1.98. The zero-order valence-electron chi connectivity index (χ0n) is 14.5. The highest BCUT2D eigenvalue weighted by atomic mass is 16.1. The summed E-state index contributed by atoms with van der Waals surface area (Å²) in [6, 6.07) is 9.57. The minimum absolute atomic E-state index is 0.0532. The van der Waals surface area contributed by atoms with Crippen molar-refractivity contribution in [1.82, 2.24) is 19.4 Å². The lowest BCUT2D eigenvalue weighted by Crippen LogP contribution is -2.31. The van der Waals surface area contributed by atoms with Crippen LogP contribution >= 0.6 is 0 Å². The number of nitrogens with zero attached hydrogens (tertiary/aromatic N) is 3. The lowest BCUT2D eigenvalue weighted by Gasteiger charge is -2.07. The van der Waals surface area contributed by atoms with E-state index in [2.05, 4.69) is 10.3 Å². The molecule has 0 saturated heterocycles. The van der Waals surface area contributed by atoms with Gasteiger partial charge in [-0.15, -0.1) is 0 Å². The Labute approximate surface area is 146 Å². The van der Waals surface area contributed by atoms with Crippen LogP contribution in [0.4, 0.5) is 0 Å². The predicted octanol–water partition coefficient (Wildman–Crippen LogP) is 1.66. The highest BCUT2D eigenvalue weighted by Crippen LogP contribution is 2.20. The standard InChI is InChI=1S/C19H22N4O2/c1-3-15-11-19(25)23(13-21-15)9-8-20-18(24)10-14-12-22(2)17-7-5-4-6-16(14)17/h4-7,11-13H,3,8-10H2,1-2H3,(H,20,24). The number of rotatable bonds is 6. The molecule has 130 valence electrons. The van der Waals surface area contributed by atoms with E-state index in [0.717, 1.165) is 28.6 Å². The van der Waals surface area contributed by atoms with Crippen molar-refractivity contribution in [3.8, 4) is 0 Å². The fourth-order valence-electron chi connectivity index (χ4n) is 2.94. The number of aromatic nitrogens is 3. The van der Waals surface area contributed by atoms with Crippen molar-refractivity contribution in [3.05, 3.63) is 64.5 Å². The molecule has 3 aromatic rings. The van der Waals surface area contributed by atoms with Crippen LogP contribution in [0.15, 0.2) is 47.7 Å². The summed E-state index contributed by atoms with van der Waals surface area (Å²) >= 11 is 0. The number of para-hydroxylation sites is 1. The molecule has 0 atom stereocenters. The van der Waals surface area contributed by atoms with Crippen molar-refractivity contribution in [2.75, 3.05) is 6.54 Å². The normalized spacial score (nSPS) is 11.0. The van der Waals surface area contributed by atoms with Crippen LogP contribution in [0.1, 0.15) is 18.2 Å². The van der Waals surface area contributed by atoms with E-state index in [1.165, 1.54) is 17.0 Å². The largest absolute Gasteiger partial charge is 0.354 e. The summed E-state index contributed by atoms with van der Waals surface area (Å²) in [5.41, 5.74) is 2.80. The lowest BCUT2D eigenvalue weighted by atomic mass is 10.1. The van der Waals surface area contributed by atoms with Crippen LogP contribution < -0.4 is 10.9 Å². The molecule has 2 aromatic heterocycles. The maximum Gasteiger partial charge on any atom is 0.253 e. The molecule has 25 heavy (non-hydrogen) atoms. The molecule has 1 N–H and O–H groups in total. The molecule has 0 unspecified atom stereocenters. The number of benzene rings is 1. The van der Waals surface area contributed by atoms with Gasteiger partial charge in [0, 0.05) is 49.0 Å². The van der Waals surface area contributed by atoms with Gasteiger partial charge in [-0.2, -0.15) is 0 Å². The topological polar surface area (TPSA) is 68.9 Å². The number of carbonyl (C=O) groups excluding carboxylic acids is 1.